The third kappa shape index (κ3) is 3.38. The molecule has 0 saturated carbocycles. The fraction of sp³-hybridized carbons (Fsp3) is 0.211. The molecule has 5 rings (SSSR count). The van der Waals surface area contributed by atoms with E-state index in [1.165, 1.54) is 11.8 Å². The number of nitrogens with zero attached hydrogens (tertiary/aromatic N) is 5. The number of benzene rings is 1. The molecule has 4 heterocycles. The Balaban J connectivity index is 1.15. The van der Waals surface area contributed by atoms with Gasteiger partial charge in [0.15, 0.2) is 4.34 Å². The van der Waals surface area contributed by atoms with Gasteiger partial charge >= 0.3 is 0 Å². The van der Waals surface area contributed by atoms with Crippen LogP contribution in [0, 0.1) is 0 Å². The molecule has 1 saturated heterocycles. The van der Waals surface area contributed by atoms with E-state index in [-0.39, 0.29) is 11.8 Å². The van der Waals surface area contributed by atoms with Gasteiger partial charge in [-0.3, -0.25) is 9.78 Å². The van der Waals surface area contributed by atoms with E-state index in [2.05, 4.69) is 20.1 Å². The van der Waals surface area contributed by atoms with Gasteiger partial charge in [0, 0.05) is 31.0 Å². The Bertz CT molecular complexity index is 1090. The summed E-state index contributed by atoms with van der Waals surface area (Å²) in [5.41, 5.74) is 1.84. The Morgan fingerprint density at radius 1 is 1.18 bits per heavy atom. The highest BCUT2D eigenvalue weighted by Gasteiger charge is 2.35. The summed E-state index contributed by atoms with van der Waals surface area (Å²) in [6.07, 6.45) is 3.39. The van der Waals surface area contributed by atoms with Crippen LogP contribution in [0.3, 0.4) is 0 Å². The van der Waals surface area contributed by atoms with Crippen LogP contribution in [0.2, 0.25) is 0 Å². The third-order valence-electron chi connectivity index (χ3n) is 4.56. The molecule has 3 aromatic heterocycles. The highest BCUT2D eigenvalue weighted by Crippen LogP contribution is 2.31. The summed E-state index contributed by atoms with van der Waals surface area (Å²) >= 11 is 3.11. The zero-order valence-electron chi connectivity index (χ0n) is 14.7. The van der Waals surface area contributed by atoms with Crippen LogP contribution in [-0.4, -0.2) is 49.8 Å². The molecule has 4 aromatic rings. The number of pyridine rings is 1. The van der Waals surface area contributed by atoms with E-state index in [0.29, 0.717) is 30.6 Å². The second kappa shape index (κ2) is 7.33. The first-order chi connectivity index (χ1) is 13.8. The first-order valence-electron chi connectivity index (χ1n) is 8.76. The smallest absolute Gasteiger partial charge is 0.233 e. The van der Waals surface area contributed by atoms with Crippen LogP contribution in [0.25, 0.3) is 21.6 Å². The number of likely N-dealkylation sites (tertiary alicyclic amines) is 1. The topological polar surface area (TPSA) is 85.0 Å². The van der Waals surface area contributed by atoms with Crippen molar-refractivity contribution in [3.8, 4) is 11.4 Å². The zero-order chi connectivity index (χ0) is 18.9. The molecule has 140 valence electrons. The van der Waals surface area contributed by atoms with Gasteiger partial charge in [0.1, 0.15) is 0 Å². The monoisotopic (exact) mass is 409 g/mol. The van der Waals surface area contributed by atoms with E-state index in [1.807, 2.05) is 41.3 Å². The van der Waals surface area contributed by atoms with Crippen molar-refractivity contribution >= 4 is 39.2 Å². The normalized spacial score (nSPS) is 14.4. The molecule has 28 heavy (non-hydrogen) atoms. The lowest BCUT2D eigenvalue weighted by Crippen LogP contribution is -2.49. The van der Waals surface area contributed by atoms with Crippen molar-refractivity contribution in [2.45, 2.75) is 10.3 Å². The summed E-state index contributed by atoms with van der Waals surface area (Å²) < 4.78 is 7.44. The summed E-state index contributed by atoms with van der Waals surface area (Å²) in [7, 11) is 0. The van der Waals surface area contributed by atoms with Crippen molar-refractivity contribution in [2.24, 2.45) is 0 Å². The lowest BCUT2D eigenvalue weighted by Gasteiger charge is -2.36. The molecule has 1 aliphatic rings. The van der Waals surface area contributed by atoms with Crippen molar-refractivity contribution < 1.29 is 9.32 Å². The average molecular weight is 409 g/mol. The first-order valence-corrected chi connectivity index (χ1v) is 10.6. The molecule has 1 fully saturated rings. The fourth-order valence-electron chi connectivity index (χ4n) is 2.99. The van der Waals surface area contributed by atoms with Crippen LogP contribution in [0.5, 0.6) is 0 Å². The zero-order valence-corrected chi connectivity index (χ0v) is 16.3. The van der Waals surface area contributed by atoms with E-state index in [0.717, 1.165) is 20.1 Å². The van der Waals surface area contributed by atoms with Crippen molar-refractivity contribution in [3.05, 3.63) is 54.7 Å². The van der Waals surface area contributed by atoms with E-state index >= 15 is 0 Å². The van der Waals surface area contributed by atoms with Gasteiger partial charge in [-0.05, 0) is 24.3 Å². The molecule has 1 aromatic carbocycles. The van der Waals surface area contributed by atoms with E-state index in [9.17, 15) is 4.79 Å². The molecule has 0 bridgehead atoms. The second-order valence-electron chi connectivity index (χ2n) is 6.42. The number of fused-ring (bicyclic) bond motifs is 1. The molecule has 9 heteroatoms. The molecule has 0 aliphatic carbocycles. The predicted molar refractivity (Wildman–Crippen MR) is 107 cm³/mol. The van der Waals surface area contributed by atoms with Crippen LogP contribution >= 0.6 is 23.1 Å². The Morgan fingerprint density at radius 3 is 2.82 bits per heavy atom. The maximum Gasteiger partial charge on any atom is 0.233 e. The SMILES string of the molecule is O=C(CSc1nc2ccccc2s1)N1CC(c2nc(-c3ccncc3)no2)C1. The number of rotatable bonds is 5. The van der Waals surface area contributed by atoms with Gasteiger partial charge in [-0.1, -0.05) is 29.1 Å². The largest absolute Gasteiger partial charge is 0.340 e. The Morgan fingerprint density at radius 2 is 2.00 bits per heavy atom. The highest BCUT2D eigenvalue weighted by molar-refractivity contribution is 8.01. The molecule has 0 spiro atoms. The number of amides is 1. The van der Waals surface area contributed by atoms with Gasteiger partial charge in [-0.25, -0.2) is 4.98 Å². The van der Waals surface area contributed by atoms with Crippen LogP contribution in [-0.2, 0) is 4.79 Å². The maximum atomic E-state index is 12.4. The highest BCUT2D eigenvalue weighted by atomic mass is 32.2. The summed E-state index contributed by atoms with van der Waals surface area (Å²) in [5.74, 6) is 1.72. The number of para-hydroxylation sites is 1. The third-order valence-corrected chi connectivity index (χ3v) is 6.72. The van der Waals surface area contributed by atoms with E-state index in [4.69, 9.17) is 4.52 Å². The van der Waals surface area contributed by atoms with Crippen molar-refractivity contribution in [1.82, 2.24) is 25.0 Å². The number of carbonyl (C=O) groups is 1. The molecule has 0 atom stereocenters. The van der Waals surface area contributed by atoms with Crippen LogP contribution in [0.4, 0.5) is 0 Å². The van der Waals surface area contributed by atoms with Crippen molar-refractivity contribution in [1.29, 1.82) is 0 Å². The molecular weight excluding hydrogens is 394 g/mol. The van der Waals surface area contributed by atoms with Gasteiger partial charge in [0.2, 0.25) is 17.6 Å². The summed E-state index contributed by atoms with van der Waals surface area (Å²) in [4.78, 5) is 27.2. The van der Waals surface area contributed by atoms with Gasteiger partial charge in [0.25, 0.3) is 0 Å². The van der Waals surface area contributed by atoms with Crippen molar-refractivity contribution in [2.75, 3.05) is 18.8 Å². The Kier molecular flexibility index (Phi) is 4.53. The number of thioether (sulfide) groups is 1. The minimum absolute atomic E-state index is 0.0967. The number of carbonyl (C=O) groups excluding carboxylic acids is 1. The van der Waals surface area contributed by atoms with Gasteiger partial charge in [0.05, 0.1) is 21.9 Å². The van der Waals surface area contributed by atoms with Crippen molar-refractivity contribution in [3.63, 3.8) is 0 Å². The molecular formula is C19H15N5O2S2. The van der Waals surface area contributed by atoms with E-state index < -0.39 is 0 Å². The second-order valence-corrected chi connectivity index (χ2v) is 8.68. The summed E-state index contributed by atoms with van der Waals surface area (Å²) in [6.45, 7) is 1.22. The number of hydrogen-bond donors (Lipinski definition) is 0. The fourth-order valence-corrected chi connectivity index (χ4v) is 4.96. The molecule has 0 radical (unpaired) electrons. The Labute approximate surface area is 168 Å². The van der Waals surface area contributed by atoms with Crippen LogP contribution in [0.15, 0.2) is 57.7 Å². The minimum atomic E-state index is 0.0967. The molecule has 1 aliphatic heterocycles. The maximum absolute atomic E-state index is 12.4. The molecule has 1 amide bonds. The molecule has 0 N–H and O–H groups in total. The number of hydrogen-bond acceptors (Lipinski definition) is 8. The van der Waals surface area contributed by atoms with Crippen LogP contribution < -0.4 is 0 Å². The molecule has 0 unspecified atom stereocenters. The Hall–Kier alpha value is -2.78. The number of aromatic nitrogens is 4. The predicted octanol–water partition coefficient (Wildman–Crippen LogP) is 3.46. The quantitative estimate of drug-likeness (QED) is 0.467. The lowest BCUT2D eigenvalue weighted by atomic mass is 10.0. The standard InChI is InChI=1S/C19H15N5O2S2/c25-16(11-27-19-21-14-3-1-2-4-15(14)28-19)24-9-13(10-24)18-22-17(23-26-18)12-5-7-20-8-6-12/h1-8,13H,9-11H2. The average Bonchev–Trinajstić information content (AvgIpc) is 3.33. The number of thiazole rings is 1. The first kappa shape index (κ1) is 17.3. The van der Waals surface area contributed by atoms with Crippen LogP contribution in [0.1, 0.15) is 11.8 Å². The lowest BCUT2D eigenvalue weighted by molar-refractivity contribution is -0.133. The summed E-state index contributed by atoms with van der Waals surface area (Å²) in [6, 6.07) is 11.7. The summed E-state index contributed by atoms with van der Waals surface area (Å²) in [5, 5.41) is 4.03. The van der Waals surface area contributed by atoms with Gasteiger partial charge < -0.3 is 9.42 Å². The van der Waals surface area contributed by atoms with Gasteiger partial charge in [-0.2, -0.15) is 4.98 Å². The van der Waals surface area contributed by atoms with E-state index in [1.54, 1.807) is 23.7 Å². The minimum Gasteiger partial charge on any atom is -0.340 e. The van der Waals surface area contributed by atoms with Gasteiger partial charge in [-0.15, -0.1) is 11.3 Å². The molecule has 7 nitrogen and oxygen atoms in total.